The molecule has 1 heterocycles. The zero-order valence-corrected chi connectivity index (χ0v) is 27.7. The zero-order chi connectivity index (χ0) is 29.4. The maximum Gasteiger partial charge on any atom is 0.157 e. The molecule has 1 saturated heterocycles. The molecule has 0 atom stereocenters. The predicted molar refractivity (Wildman–Crippen MR) is 168 cm³/mol. The van der Waals surface area contributed by atoms with Crippen LogP contribution in [0.2, 0.25) is 0 Å². The largest absolute Gasteiger partial charge is 0.388 e. The molecule has 2 fully saturated rings. The molecule has 0 aromatic heterocycles. The van der Waals surface area contributed by atoms with Crippen LogP contribution < -0.4 is 5.32 Å². The topological polar surface area (TPSA) is 43.0 Å². The van der Waals surface area contributed by atoms with Crippen molar-refractivity contribution in [3.05, 3.63) is 12.7 Å². The van der Waals surface area contributed by atoms with Crippen molar-refractivity contribution in [2.24, 2.45) is 17.3 Å². The lowest BCUT2D eigenvalue weighted by Gasteiger charge is -2.36. The van der Waals surface area contributed by atoms with Gasteiger partial charge in [-0.25, -0.2) is 0 Å². The lowest BCUT2D eigenvalue weighted by Crippen LogP contribution is -2.39. The first-order chi connectivity index (χ1) is 18.1. The van der Waals surface area contributed by atoms with E-state index in [9.17, 15) is 0 Å². The van der Waals surface area contributed by atoms with Crippen LogP contribution in [0.15, 0.2) is 12.7 Å². The molecule has 0 aromatic carbocycles. The molecule has 38 heavy (non-hydrogen) atoms. The van der Waals surface area contributed by atoms with Gasteiger partial charge in [0.15, 0.2) is 6.29 Å². The number of methoxy groups -OCH3 is 1. The Kier molecular flexibility index (Phi) is 26.6. The summed E-state index contributed by atoms with van der Waals surface area (Å²) in [6, 6.07) is 1.29. The molecule has 5 heteroatoms. The van der Waals surface area contributed by atoms with Crippen molar-refractivity contribution in [3.8, 4) is 0 Å². The normalized spacial score (nSPS) is 25.1. The van der Waals surface area contributed by atoms with Crippen molar-refractivity contribution in [1.82, 2.24) is 10.2 Å². The van der Waals surface area contributed by atoms with Crippen LogP contribution in [0.4, 0.5) is 0 Å². The molecule has 1 aliphatic carbocycles. The third-order valence-electron chi connectivity index (χ3n) is 7.60. The number of rotatable bonds is 13. The molecule has 0 bridgehead atoms. The average molecular weight is 543 g/mol. The standard InChI is InChI=1S/C15H29N.C14H29NO2.C2H6O.C2H6/c1-5-7-14-8-10-15(11-9-14)12-16(6-2)13(3)4;1-5-14(4)10-16-13(17-11-14)8-6-7-9-15-12(2)3;1-3-2;1-2/h5,13-15H,1,6-12H2,2-4H3;12-13,15H,5-11H2,1-4H3;1-2H3;1-2H3. The molecule has 2 aliphatic rings. The summed E-state index contributed by atoms with van der Waals surface area (Å²) in [5.41, 5.74) is 0.232. The quantitative estimate of drug-likeness (QED) is 0.187. The van der Waals surface area contributed by atoms with Crippen LogP contribution in [-0.2, 0) is 14.2 Å². The monoisotopic (exact) mass is 543 g/mol. The smallest absolute Gasteiger partial charge is 0.157 e. The number of unbranched alkanes of at least 4 members (excludes halogenated alkanes) is 1. The minimum atomic E-state index is 0.0358. The van der Waals surface area contributed by atoms with Crippen molar-refractivity contribution in [2.75, 3.05) is 47.1 Å². The van der Waals surface area contributed by atoms with Gasteiger partial charge in [0.25, 0.3) is 0 Å². The first-order valence-electron chi connectivity index (χ1n) is 15.9. The van der Waals surface area contributed by atoms with Gasteiger partial charge in [0.2, 0.25) is 0 Å². The van der Waals surface area contributed by atoms with Crippen LogP contribution >= 0.6 is 0 Å². The Balaban J connectivity index is 0. The molecule has 1 N–H and O–H groups in total. The Morgan fingerprint density at radius 1 is 0.974 bits per heavy atom. The minimum absolute atomic E-state index is 0.0358. The number of nitrogens with one attached hydrogen (secondary N) is 1. The molecular weight excluding hydrogens is 472 g/mol. The van der Waals surface area contributed by atoms with Gasteiger partial charge in [-0.3, -0.25) is 0 Å². The summed E-state index contributed by atoms with van der Waals surface area (Å²) in [5.74, 6) is 1.88. The van der Waals surface area contributed by atoms with E-state index < -0.39 is 0 Å². The van der Waals surface area contributed by atoms with E-state index in [4.69, 9.17) is 9.47 Å². The van der Waals surface area contributed by atoms with E-state index in [0.29, 0.717) is 12.1 Å². The molecule has 0 unspecified atom stereocenters. The number of hydrogen-bond acceptors (Lipinski definition) is 5. The van der Waals surface area contributed by atoms with Crippen LogP contribution in [0.25, 0.3) is 0 Å². The highest BCUT2D eigenvalue weighted by molar-refractivity contribution is 4.80. The molecule has 1 saturated carbocycles. The van der Waals surface area contributed by atoms with E-state index in [1.807, 2.05) is 13.8 Å². The van der Waals surface area contributed by atoms with Crippen molar-refractivity contribution >= 4 is 0 Å². The summed E-state index contributed by atoms with van der Waals surface area (Å²) in [6.45, 7) is 28.8. The van der Waals surface area contributed by atoms with E-state index in [-0.39, 0.29) is 11.7 Å². The maximum atomic E-state index is 5.77. The molecule has 230 valence electrons. The first kappa shape index (κ1) is 39.7. The summed E-state index contributed by atoms with van der Waals surface area (Å²) in [4.78, 5) is 2.61. The zero-order valence-electron chi connectivity index (χ0n) is 27.7. The van der Waals surface area contributed by atoms with Gasteiger partial charge in [0, 0.05) is 38.3 Å². The molecule has 2 rings (SSSR count). The highest BCUT2D eigenvalue weighted by Gasteiger charge is 2.30. The Hall–Kier alpha value is -0.460. The lowest BCUT2D eigenvalue weighted by atomic mass is 9.80. The highest BCUT2D eigenvalue weighted by Crippen LogP contribution is 2.31. The number of ether oxygens (including phenoxy) is 3. The third kappa shape index (κ3) is 20.4. The van der Waals surface area contributed by atoms with Crippen molar-refractivity contribution in [3.63, 3.8) is 0 Å². The minimum Gasteiger partial charge on any atom is -0.388 e. The van der Waals surface area contributed by atoms with Gasteiger partial charge in [0.05, 0.1) is 13.2 Å². The molecule has 0 spiro atoms. The summed E-state index contributed by atoms with van der Waals surface area (Å²) in [6.07, 6.45) is 13.6. The second-order valence-electron chi connectivity index (χ2n) is 11.8. The summed E-state index contributed by atoms with van der Waals surface area (Å²) >= 11 is 0. The van der Waals surface area contributed by atoms with E-state index in [1.165, 1.54) is 58.0 Å². The molecule has 0 aromatic rings. The van der Waals surface area contributed by atoms with E-state index in [2.05, 4.69) is 76.1 Å². The summed E-state index contributed by atoms with van der Waals surface area (Å²) in [5, 5.41) is 3.42. The van der Waals surface area contributed by atoms with Gasteiger partial charge in [-0.15, -0.1) is 6.58 Å². The van der Waals surface area contributed by atoms with Crippen LogP contribution in [0.5, 0.6) is 0 Å². The van der Waals surface area contributed by atoms with Crippen molar-refractivity contribution in [1.29, 1.82) is 0 Å². The second-order valence-corrected chi connectivity index (χ2v) is 11.8. The first-order valence-corrected chi connectivity index (χ1v) is 15.9. The van der Waals surface area contributed by atoms with Crippen LogP contribution in [-0.4, -0.2) is 70.3 Å². The Bertz CT molecular complexity index is 496. The van der Waals surface area contributed by atoms with Gasteiger partial charge in [-0.1, -0.05) is 54.5 Å². The van der Waals surface area contributed by atoms with Gasteiger partial charge < -0.3 is 24.4 Å². The molecule has 5 nitrogen and oxygen atoms in total. The molecule has 1 aliphatic heterocycles. The fourth-order valence-corrected chi connectivity index (χ4v) is 4.80. The Morgan fingerprint density at radius 3 is 1.92 bits per heavy atom. The van der Waals surface area contributed by atoms with Crippen LogP contribution in [0.3, 0.4) is 0 Å². The molecular formula is C33H70N2O3. The van der Waals surface area contributed by atoms with Crippen LogP contribution in [0, 0.1) is 17.3 Å². The average Bonchev–Trinajstić information content (AvgIpc) is 2.91. The molecule has 0 radical (unpaired) electrons. The SMILES string of the molecule is C=CCC1CCC(CN(CC)C(C)C)CC1.CC.CCC1(C)COC(CCCCNC(C)C)OC1.COC. The van der Waals surface area contributed by atoms with Crippen molar-refractivity contribution in [2.45, 2.75) is 138 Å². The number of hydrogen-bond donors (Lipinski definition) is 1. The van der Waals surface area contributed by atoms with Gasteiger partial charge >= 0.3 is 0 Å². The Morgan fingerprint density at radius 2 is 1.50 bits per heavy atom. The summed E-state index contributed by atoms with van der Waals surface area (Å²) in [7, 11) is 3.25. The van der Waals surface area contributed by atoms with Crippen molar-refractivity contribution < 1.29 is 14.2 Å². The van der Waals surface area contributed by atoms with E-state index in [0.717, 1.165) is 44.4 Å². The fraction of sp³-hybridized carbons (Fsp3) is 0.939. The lowest BCUT2D eigenvalue weighted by molar-refractivity contribution is -0.228. The predicted octanol–water partition coefficient (Wildman–Crippen LogP) is 8.33. The number of nitrogens with zero attached hydrogens (tertiary/aromatic N) is 1. The maximum absolute atomic E-state index is 5.77. The fourth-order valence-electron chi connectivity index (χ4n) is 4.80. The third-order valence-corrected chi connectivity index (χ3v) is 7.60. The van der Waals surface area contributed by atoms with Crippen LogP contribution in [0.1, 0.15) is 120 Å². The van der Waals surface area contributed by atoms with E-state index >= 15 is 0 Å². The highest BCUT2D eigenvalue weighted by atomic mass is 16.7. The van der Waals surface area contributed by atoms with Gasteiger partial charge in [0.1, 0.15) is 0 Å². The van der Waals surface area contributed by atoms with Gasteiger partial charge in [-0.05, 0) is 96.6 Å². The number of allylic oxidation sites excluding steroid dienone is 1. The summed E-state index contributed by atoms with van der Waals surface area (Å²) < 4.78 is 15.8. The molecule has 0 amide bonds. The Labute approximate surface area is 239 Å². The second kappa shape index (κ2) is 25.5. The van der Waals surface area contributed by atoms with Gasteiger partial charge in [-0.2, -0.15) is 0 Å². The van der Waals surface area contributed by atoms with E-state index in [1.54, 1.807) is 14.2 Å².